The maximum atomic E-state index is 4.36. The molecule has 0 radical (unpaired) electrons. The Labute approximate surface area is 95.6 Å². The molecular formula is C13H15N3. The van der Waals surface area contributed by atoms with Crippen LogP contribution in [0, 0.1) is 0 Å². The Hall–Kier alpha value is -1.90. The molecule has 82 valence electrons. The number of hydrogen-bond donors (Lipinski definition) is 1. The van der Waals surface area contributed by atoms with Gasteiger partial charge in [-0.3, -0.25) is 4.98 Å². The summed E-state index contributed by atoms with van der Waals surface area (Å²) in [7, 11) is 0. The van der Waals surface area contributed by atoms with E-state index in [1.807, 2.05) is 18.2 Å². The molecule has 0 bridgehead atoms. The average Bonchev–Trinajstić information content (AvgIpc) is 2.31. The first-order valence-electron chi connectivity index (χ1n) is 5.39. The van der Waals surface area contributed by atoms with Gasteiger partial charge in [-0.2, -0.15) is 0 Å². The van der Waals surface area contributed by atoms with Gasteiger partial charge in [0.1, 0.15) is 5.82 Å². The highest BCUT2D eigenvalue weighted by molar-refractivity contribution is 5.58. The predicted molar refractivity (Wildman–Crippen MR) is 65.8 cm³/mol. The lowest BCUT2D eigenvalue weighted by atomic mass is 10.0. The highest BCUT2D eigenvalue weighted by atomic mass is 15.0. The number of rotatable bonds is 3. The number of aromatic nitrogens is 2. The van der Waals surface area contributed by atoms with Gasteiger partial charge in [-0.1, -0.05) is 19.9 Å². The zero-order valence-corrected chi connectivity index (χ0v) is 9.51. The van der Waals surface area contributed by atoms with E-state index < -0.39 is 0 Å². The minimum absolute atomic E-state index is 0.452. The van der Waals surface area contributed by atoms with Gasteiger partial charge >= 0.3 is 0 Å². The van der Waals surface area contributed by atoms with Crippen molar-refractivity contribution in [3.05, 3.63) is 48.4 Å². The van der Waals surface area contributed by atoms with E-state index in [4.69, 9.17) is 0 Å². The second-order valence-electron chi connectivity index (χ2n) is 3.96. The van der Waals surface area contributed by atoms with Crippen LogP contribution in [0.2, 0.25) is 0 Å². The number of pyridine rings is 2. The summed E-state index contributed by atoms with van der Waals surface area (Å²) in [6.07, 6.45) is 5.34. The molecule has 1 N–H and O–H groups in total. The van der Waals surface area contributed by atoms with Crippen molar-refractivity contribution in [1.82, 2.24) is 9.97 Å². The van der Waals surface area contributed by atoms with E-state index in [1.165, 1.54) is 5.56 Å². The van der Waals surface area contributed by atoms with Crippen LogP contribution in [0.25, 0.3) is 0 Å². The number of nitrogens with zero attached hydrogens (tertiary/aromatic N) is 2. The highest BCUT2D eigenvalue weighted by Gasteiger charge is 2.06. The van der Waals surface area contributed by atoms with Gasteiger partial charge in [-0.25, -0.2) is 4.98 Å². The zero-order chi connectivity index (χ0) is 11.4. The minimum atomic E-state index is 0.452. The molecule has 0 aliphatic heterocycles. The van der Waals surface area contributed by atoms with Gasteiger partial charge in [0, 0.05) is 12.4 Å². The fourth-order valence-electron chi connectivity index (χ4n) is 1.56. The molecule has 16 heavy (non-hydrogen) atoms. The average molecular weight is 213 g/mol. The molecule has 0 saturated heterocycles. The quantitative estimate of drug-likeness (QED) is 0.849. The standard InChI is InChI=1S/C13H15N3/c1-10(2)12-6-4-8-15-13(12)16-11-5-3-7-14-9-11/h3-10H,1-2H3,(H,15,16). The van der Waals surface area contributed by atoms with Gasteiger partial charge in [0.05, 0.1) is 11.9 Å². The highest BCUT2D eigenvalue weighted by Crippen LogP contribution is 2.23. The van der Waals surface area contributed by atoms with Crippen molar-refractivity contribution in [1.29, 1.82) is 0 Å². The molecule has 3 nitrogen and oxygen atoms in total. The summed E-state index contributed by atoms with van der Waals surface area (Å²) >= 11 is 0. The van der Waals surface area contributed by atoms with Crippen LogP contribution in [-0.2, 0) is 0 Å². The fourth-order valence-corrected chi connectivity index (χ4v) is 1.56. The summed E-state index contributed by atoms with van der Waals surface area (Å²) in [5, 5.41) is 3.28. The van der Waals surface area contributed by atoms with Crippen molar-refractivity contribution in [3.63, 3.8) is 0 Å². The number of hydrogen-bond acceptors (Lipinski definition) is 3. The summed E-state index contributed by atoms with van der Waals surface area (Å²) in [6, 6.07) is 7.94. The van der Waals surface area contributed by atoms with Crippen LogP contribution in [0.4, 0.5) is 11.5 Å². The topological polar surface area (TPSA) is 37.8 Å². The van der Waals surface area contributed by atoms with Gasteiger partial charge in [-0.15, -0.1) is 0 Å². The summed E-state index contributed by atoms with van der Waals surface area (Å²) in [5.74, 6) is 1.36. The van der Waals surface area contributed by atoms with Gasteiger partial charge in [0.2, 0.25) is 0 Å². The van der Waals surface area contributed by atoms with Gasteiger partial charge in [-0.05, 0) is 29.7 Å². The smallest absolute Gasteiger partial charge is 0.133 e. The van der Waals surface area contributed by atoms with E-state index >= 15 is 0 Å². The first-order chi connectivity index (χ1) is 7.77. The maximum Gasteiger partial charge on any atom is 0.133 e. The third-order valence-corrected chi connectivity index (χ3v) is 2.39. The Bertz CT molecular complexity index is 452. The second kappa shape index (κ2) is 4.75. The minimum Gasteiger partial charge on any atom is -0.339 e. The molecule has 0 fully saturated rings. The molecule has 0 atom stereocenters. The van der Waals surface area contributed by atoms with Crippen LogP contribution in [0.3, 0.4) is 0 Å². The third-order valence-electron chi connectivity index (χ3n) is 2.39. The van der Waals surface area contributed by atoms with Crippen molar-refractivity contribution in [2.75, 3.05) is 5.32 Å². The monoisotopic (exact) mass is 213 g/mol. The Kier molecular flexibility index (Phi) is 3.15. The van der Waals surface area contributed by atoms with E-state index in [0.29, 0.717) is 5.92 Å². The van der Waals surface area contributed by atoms with Crippen molar-refractivity contribution in [3.8, 4) is 0 Å². The van der Waals surface area contributed by atoms with E-state index in [9.17, 15) is 0 Å². The lowest BCUT2D eigenvalue weighted by Gasteiger charge is -2.12. The summed E-state index contributed by atoms with van der Waals surface area (Å²) in [4.78, 5) is 8.42. The number of anilines is 2. The first-order valence-corrected chi connectivity index (χ1v) is 5.39. The van der Waals surface area contributed by atoms with Gasteiger partial charge in [0.15, 0.2) is 0 Å². The Morgan fingerprint density at radius 2 is 1.94 bits per heavy atom. The lowest BCUT2D eigenvalue weighted by molar-refractivity contribution is 0.861. The van der Waals surface area contributed by atoms with Gasteiger partial charge in [0.25, 0.3) is 0 Å². The fraction of sp³-hybridized carbons (Fsp3) is 0.231. The lowest BCUT2D eigenvalue weighted by Crippen LogP contribution is -2.00. The van der Waals surface area contributed by atoms with E-state index in [1.54, 1.807) is 18.6 Å². The van der Waals surface area contributed by atoms with Crippen LogP contribution in [0.15, 0.2) is 42.9 Å². The van der Waals surface area contributed by atoms with Crippen molar-refractivity contribution < 1.29 is 0 Å². The molecule has 0 unspecified atom stereocenters. The molecule has 0 aliphatic rings. The molecule has 0 amide bonds. The molecule has 2 heterocycles. The molecule has 0 aliphatic carbocycles. The molecular weight excluding hydrogens is 198 g/mol. The molecule has 3 heteroatoms. The van der Waals surface area contributed by atoms with Crippen molar-refractivity contribution in [2.45, 2.75) is 19.8 Å². The maximum absolute atomic E-state index is 4.36. The predicted octanol–water partition coefficient (Wildman–Crippen LogP) is 3.34. The third kappa shape index (κ3) is 2.37. The van der Waals surface area contributed by atoms with Crippen LogP contribution < -0.4 is 5.32 Å². The summed E-state index contributed by atoms with van der Waals surface area (Å²) in [6.45, 7) is 4.32. The molecule has 2 aromatic rings. The van der Waals surface area contributed by atoms with Crippen LogP contribution in [0.1, 0.15) is 25.3 Å². The Balaban J connectivity index is 2.28. The van der Waals surface area contributed by atoms with Crippen molar-refractivity contribution in [2.24, 2.45) is 0 Å². The largest absolute Gasteiger partial charge is 0.339 e. The summed E-state index contributed by atoms with van der Waals surface area (Å²) < 4.78 is 0. The van der Waals surface area contributed by atoms with Crippen LogP contribution in [-0.4, -0.2) is 9.97 Å². The van der Waals surface area contributed by atoms with Crippen LogP contribution >= 0.6 is 0 Å². The van der Waals surface area contributed by atoms with E-state index in [2.05, 4.69) is 35.2 Å². The van der Waals surface area contributed by atoms with Gasteiger partial charge < -0.3 is 5.32 Å². The second-order valence-corrected chi connectivity index (χ2v) is 3.96. The SMILES string of the molecule is CC(C)c1cccnc1Nc1cccnc1. The van der Waals surface area contributed by atoms with Crippen molar-refractivity contribution >= 4 is 11.5 Å². The molecule has 2 rings (SSSR count). The zero-order valence-electron chi connectivity index (χ0n) is 9.51. The first kappa shape index (κ1) is 10.6. The molecule has 2 aromatic heterocycles. The Morgan fingerprint density at radius 1 is 1.12 bits per heavy atom. The van der Waals surface area contributed by atoms with Crippen LogP contribution in [0.5, 0.6) is 0 Å². The molecule has 0 saturated carbocycles. The Morgan fingerprint density at radius 3 is 2.62 bits per heavy atom. The number of nitrogens with one attached hydrogen (secondary N) is 1. The van der Waals surface area contributed by atoms with E-state index in [-0.39, 0.29) is 0 Å². The van der Waals surface area contributed by atoms with E-state index in [0.717, 1.165) is 11.5 Å². The molecule has 0 aromatic carbocycles. The normalized spacial score (nSPS) is 10.4. The summed E-state index contributed by atoms with van der Waals surface area (Å²) in [5.41, 5.74) is 2.18. The molecule has 0 spiro atoms.